The maximum atomic E-state index is 6.01. The van der Waals surface area contributed by atoms with E-state index in [1.807, 2.05) is 28.8 Å². The van der Waals surface area contributed by atoms with Crippen molar-refractivity contribution in [1.82, 2.24) is 25.2 Å². The fourth-order valence-corrected chi connectivity index (χ4v) is 4.43. The Hall–Kier alpha value is -1.42. The number of aliphatic imine (C=N–C) groups is 1. The maximum Gasteiger partial charge on any atom is 0.191 e. The molecule has 2 aliphatic rings. The quantitative estimate of drug-likeness (QED) is 0.397. The Bertz CT molecular complexity index is 804. The summed E-state index contributed by atoms with van der Waals surface area (Å²) in [4.78, 5) is 4.76. The molecule has 2 aromatic rings. The monoisotopic (exact) mass is 484 g/mol. The Morgan fingerprint density at radius 2 is 2.22 bits per heavy atom. The summed E-state index contributed by atoms with van der Waals surface area (Å²) in [7, 11) is 0. The van der Waals surface area contributed by atoms with Crippen molar-refractivity contribution in [2.75, 3.05) is 13.2 Å². The smallest absolute Gasteiger partial charge is 0.191 e. The van der Waals surface area contributed by atoms with E-state index in [4.69, 9.17) is 9.73 Å². The van der Waals surface area contributed by atoms with Gasteiger partial charge in [-0.15, -0.1) is 34.2 Å². The molecule has 0 radical (unpaired) electrons. The first-order valence-corrected chi connectivity index (χ1v) is 9.56. The van der Waals surface area contributed by atoms with Crippen LogP contribution < -0.4 is 10.6 Å². The molecule has 1 aliphatic carbocycles. The average Bonchev–Trinajstić information content (AvgIpc) is 3.07. The van der Waals surface area contributed by atoms with E-state index in [0.29, 0.717) is 24.6 Å². The number of aromatic nitrogens is 3. The van der Waals surface area contributed by atoms with Gasteiger partial charge in [0.15, 0.2) is 17.4 Å². The molecule has 1 saturated carbocycles. The van der Waals surface area contributed by atoms with E-state index >= 15 is 0 Å². The first-order valence-electron chi connectivity index (χ1n) is 9.56. The standard InChI is InChI=1S/C19H28N6O.HI/c1-4-20-18(21-12-15-24-23-14-9-5-6-10-25(14)15)22-16-13-8-7-11-26-17(13)19(16,2)3;/h5-6,9-10,13,16-17H,4,7-8,11-12H2,1-3H3,(H2,20,21,22);1H. The zero-order chi connectivity index (χ0) is 18.1. The molecule has 0 bridgehead atoms. The lowest BCUT2D eigenvalue weighted by Crippen LogP contribution is -2.71. The first kappa shape index (κ1) is 20.3. The van der Waals surface area contributed by atoms with Crippen LogP contribution in [-0.4, -0.2) is 45.9 Å². The highest BCUT2D eigenvalue weighted by Gasteiger charge is 2.58. The number of fused-ring (bicyclic) bond motifs is 2. The lowest BCUT2D eigenvalue weighted by atomic mass is 9.55. The minimum atomic E-state index is 0. The number of halogens is 1. The number of rotatable bonds is 4. The molecule has 3 unspecified atom stereocenters. The van der Waals surface area contributed by atoms with Gasteiger partial charge in [-0.05, 0) is 31.9 Å². The summed E-state index contributed by atoms with van der Waals surface area (Å²) in [6.07, 6.45) is 4.70. The Kier molecular flexibility index (Phi) is 6.25. The lowest BCUT2D eigenvalue weighted by Gasteiger charge is -2.60. The van der Waals surface area contributed by atoms with Crippen molar-refractivity contribution in [3.05, 3.63) is 30.2 Å². The predicted molar refractivity (Wildman–Crippen MR) is 116 cm³/mol. The highest BCUT2D eigenvalue weighted by Crippen LogP contribution is 2.51. The van der Waals surface area contributed by atoms with Gasteiger partial charge < -0.3 is 15.4 Å². The molecule has 1 saturated heterocycles. The summed E-state index contributed by atoms with van der Waals surface area (Å²) < 4.78 is 7.99. The van der Waals surface area contributed by atoms with Crippen molar-refractivity contribution in [2.24, 2.45) is 16.3 Å². The zero-order valence-corrected chi connectivity index (χ0v) is 18.5. The van der Waals surface area contributed by atoms with E-state index in [1.54, 1.807) is 0 Å². The number of guanidine groups is 1. The lowest BCUT2D eigenvalue weighted by molar-refractivity contribution is -0.188. The van der Waals surface area contributed by atoms with Crippen LogP contribution in [0.1, 0.15) is 39.4 Å². The normalized spacial score (nSPS) is 26.6. The molecule has 7 nitrogen and oxygen atoms in total. The Morgan fingerprint density at radius 1 is 1.37 bits per heavy atom. The second-order valence-corrected chi connectivity index (χ2v) is 7.78. The second kappa shape index (κ2) is 8.30. The predicted octanol–water partition coefficient (Wildman–Crippen LogP) is 2.61. The van der Waals surface area contributed by atoms with Gasteiger partial charge in [-0.25, -0.2) is 4.99 Å². The Balaban J connectivity index is 0.00000210. The summed E-state index contributed by atoms with van der Waals surface area (Å²) in [5.74, 6) is 2.24. The third-order valence-corrected chi connectivity index (χ3v) is 5.73. The number of hydrogen-bond acceptors (Lipinski definition) is 4. The molecule has 148 valence electrons. The van der Waals surface area contributed by atoms with Crippen LogP contribution in [-0.2, 0) is 11.3 Å². The largest absolute Gasteiger partial charge is 0.377 e. The van der Waals surface area contributed by atoms with Gasteiger partial charge >= 0.3 is 0 Å². The maximum absolute atomic E-state index is 6.01. The molecule has 27 heavy (non-hydrogen) atoms. The molecule has 2 fully saturated rings. The molecule has 4 rings (SSSR count). The second-order valence-electron chi connectivity index (χ2n) is 7.78. The molecule has 3 atom stereocenters. The van der Waals surface area contributed by atoms with Crippen LogP contribution in [0.15, 0.2) is 29.4 Å². The summed E-state index contributed by atoms with van der Waals surface area (Å²) in [6.45, 7) is 8.86. The zero-order valence-electron chi connectivity index (χ0n) is 16.2. The van der Waals surface area contributed by atoms with Crippen LogP contribution in [0.3, 0.4) is 0 Å². The van der Waals surface area contributed by atoms with Crippen molar-refractivity contribution in [2.45, 2.75) is 52.3 Å². The van der Waals surface area contributed by atoms with Gasteiger partial charge in [0.25, 0.3) is 0 Å². The number of nitrogens with one attached hydrogen (secondary N) is 2. The van der Waals surface area contributed by atoms with Crippen LogP contribution in [0.25, 0.3) is 5.65 Å². The van der Waals surface area contributed by atoms with Gasteiger partial charge in [-0.1, -0.05) is 19.9 Å². The van der Waals surface area contributed by atoms with Gasteiger partial charge in [-0.2, -0.15) is 0 Å². The summed E-state index contributed by atoms with van der Waals surface area (Å²) in [5.41, 5.74) is 0.959. The van der Waals surface area contributed by atoms with Crippen molar-refractivity contribution in [3.63, 3.8) is 0 Å². The molecule has 1 aliphatic heterocycles. The van der Waals surface area contributed by atoms with Crippen LogP contribution >= 0.6 is 24.0 Å². The van der Waals surface area contributed by atoms with Crippen LogP contribution in [0, 0.1) is 11.3 Å². The van der Waals surface area contributed by atoms with Gasteiger partial charge in [-0.3, -0.25) is 4.40 Å². The van der Waals surface area contributed by atoms with Gasteiger partial charge in [0, 0.05) is 36.7 Å². The van der Waals surface area contributed by atoms with Crippen LogP contribution in [0.4, 0.5) is 0 Å². The molecular weight excluding hydrogens is 455 g/mol. The molecule has 0 spiro atoms. The highest BCUT2D eigenvalue weighted by atomic mass is 127. The van der Waals surface area contributed by atoms with Crippen molar-refractivity contribution in [1.29, 1.82) is 0 Å². The third kappa shape index (κ3) is 3.78. The van der Waals surface area contributed by atoms with Gasteiger partial charge in [0.2, 0.25) is 0 Å². The van der Waals surface area contributed by atoms with Crippen molar-refractivity contribution < 1.29 is 4.74 Å². The topological polar surface area (TPSA) is 75.8 Å². The summed E-state index contributed by atoms with van der Waals surface area (Å²) in [6, 6.07) is 6.27. The van der Waals surface area contributed by atoms with Crippen LogP contribution in [0.5, 0.6) is 0 Å². The minimum Gasteiger partial charge on any atom is -0.377 e. The first-order chi connectivity index (χ1) is 12.6. The number of hydrogen-bond donors (Lipinski definition) is 2. The number of ether oxygens (including phenoxy) is 1. The fraction of sp³-hybridized carbons (Fsp3) is 0.632. The highest BCUT2D eigenvalue weighted by molar-refractivity contribution is 14.0. The Labute approximate surface area is 177 Å². The van der Waals surface area contributed by atoms with E-state index < -0.39 is 0 Å². The molecule has 2 N–H and O–H groups in total. The molecule has 3 heterocycles. The van der Waals surface area contributed by atoms with Crippen molar-refractivity contribution in [3.8, 4) is 0 Å². The number of pyridine rings is 1. The summed E-state index contributed by atoms with van der Waals surface area (Å²) >= 11 is 0. The molecule has 2 aromatic heterocycles. The van der Waals surface area contributed by atoms with E-state index in [2.05, 4.69) is 41.6 Å². The molecular formula is C19H29IN6O. The van der Waals surface area contributed by atoms with Gasteiger partial charge in [0.05, 0.1) is 6.10 Å². The minimum absolute atomic E-state index is 0. The Morgan fingerprint density at radius 3 is 3.04 bits per heavy atom. The van der Waals surface area contributed by atoms with Gasteiger partial charge in [0.1, 0.15) is 6.54 Å². The molecule has 0 aromatic carbocycles. The SMILES string of the molecule is CCNC(=NCc1nnc2ccccn12)NC1C2CCCOC2C1(C)C.I. The average molecular weight is 484 g/mol. The van der Waals surface area contributed by atoms with E-state index in [-0.39, 0.29) is 29.4 Å². The van der Waals surface area contributed by atoms with E-state index in [9.17, 15) is 0 Å². The molecule has 8 heteroatoms. The van der Waals surface area contributed by atoms with Crippen molar-refractivity contribution >= 4 is 35.6 Å². The van der Waals surface area contributed by atoms with Crippen LogP contribution in [0.2, 0.25) is 0 Å². The molecule has 0 amide bonds. The third-order valence-electron chi connectivity index (χ3n) is 5.73. The van der Waals surface area contributed by atoms with E-state index in [1.165, 1.54) is 6.42 Å². The summed E-state index contributed by atoms with van der Waals surface area (Å²) in [5, 5.41) is 15.5. The van der Waals surface area contributed by atoms with E-state index in [0.717, 1.165) is 37.0 Å². The number of nitrogens with zero attached hydrogens (tertiary/aromatic N) is 4. The fourth-order valence-electron chi connectivity index (χ4n) is 4.43.